The average molecular weight is 495 g/mol. The molecule has 0 fully saturated rings. The molecule has 37 heavy (non-hydrogen) atoms. The van der Waals surface area contributed by atoms with Gasteiger partial charge in [0.15, 0.2) is 0 Å². The molecule has 188 valence electrons. The number of pyridine rings is 2. The monoisotopic (exact) mass is 494 g/mol. The van der Waals surface area contributed by atoms with E-state index in [1.165, 1.54) is 10.1 Å². The van der Waals surface area contributed by atoms with E-state index in [1.54, 1.807) is 42.5 Å². The van der Waals surface area contributed by atoms with Crippen molar-refractivity contribution in [2.24, 2.45) is 7.05 Å². The zero-order chi connectivity index (χ0) is 26.3. The van der Waals surface area contributed by atoms with Gasteiger partial charge in [-0.15, -0.1) is 0 Å². The lowest BCUT2D eigenvalue weighted by Crippen LogP contribution is -2.24. The van der Waals surface area contributed by atoms with E-state index >= 15 is 0 Å². The van der Waals surface area contributed by atoms with Gasteiger partial charge in [-0.1, -0.05) is 51.1 Å². The lowest BCUT2D eigenvalue weighted by molar-refractivity contribution is 0.0996. The molecule has 7 nitrogen and oxygen atoms in total. The van der Waals surface area contributed by atoms with Gasteiger partial charge in [-0.3, -0.25) is 9.59 Å². The molecule has 1 aliphatic heterocycles. The summed E-state index contributed by atoms with van der Waals surface area (Å²) in [5, 5.41) is 13.6. The van der Waals surface area contributed by atoms with Gasteiger partial charge in [0.05, 0.1) is 18.8 Å². The Hall–Kier alpha value is -4.23. The van der Waals surface area contributed by atoms with Gasteiger partial charge in [-0.2, -0.15) is 0 Å². The largest absolute Gasteiger partial charge is 0.392 e. The standard InChI is InChI=1S/C30H30N4O3/c1-30(2,3)21-11-12-23-19(14-21)17-34(28(23)36)26-9-7-8-22(24(26)18-35)20-15-25(29(37)33(4)16-20)32-27-10-5-6-13-31-27/h5-16,35H,17-18H2,1-4H3,(H,31,32). The third-order valence-electron chi connectivity index (χ3n) is 6.80. The Morgan fingerprint density at radius 3 is 2.51 bits per heavy atom. The van der Waals surface area contributed by atoms with Crippen LogP contribution in [-0.2, 0) is 25.6 Å². The minimum absolute atomic E-state index is 0.0219. The molecule has 2 N–H and O–H groups in total. The Balaban J connectivity index is 1.56. The van der Waals surface area contributed by atoms with Gasteiger partial charge < -0.3 is 19.9 Å². The molecule has 0 bridgehead atoms. The Morgan fingerprint density at radius 1 is 1.00 bits per heavy atom. The summed E-state index contributed by atoms with van der Waals surface area (Å²) < 4.78 is 1.50. The molecule has 5 rings (SSSR count). The zero-order valence-electron chi connectivity index (χ0n) is 21.4. The van der Waals surface area contributed by atoms with Crippen LogP contribution in [0.4, 0.5) is 17.2 Å². The van der Waals surface area contributed by atoms with E-state index in [-0.39, 0.29) is 23.5 Å². The summed E-state index contributed by atoms with van der Waals surface area (Å²) in [5.74, 6) is 0.475. The Bertz CT molecular complexity index is 1550. The second kappa shape index (κ2) is 9.33. The Kier molecular flexibility index (Phi) is 6.17. The molecular formula is C30H30N4O3. The van der Waals surface area contributed by atoms with E-state index in [4.69, 9.17) is 0 Å². The summed E-state index contributed by atoms with van der Waals surface area (Å²) in [6, 6.07) is 18.8. The first kappa shape index (κ1) is 24.5. The van der Waals surface area contributed by atoms with Gasteiger partial charge in [-0.05, 0) is 52.4 Å². The van der Waals surface area contributed by atoms with Gasteiger partial charge in [0, 0.05) is 36.1 Å². The third-order valence-corrected chi connectivity index (χ3v) is 6.80. The Labute approximate surface area is 216 Å². The Morgan fingerprint density at radius 2 is 1.81 bits per heavy atom. The maximum atomic E-state index is 13.4. The highest BCUT2D eigenvalue weighted by atomic mass is 16.3. The average Bonchev–Trinajstić information content (AvgIpc) is 3.21. The maximum absolute atomic E-state index is 13.4. The maximum Gasteiger partial charge on any atom is 0.274 e. The second-order valence-corrected chi connectivity index (χ2v) is 10.4. The molecule has 0 saturated heterocycles. The fourth-order valence-corrected chi connectivity index (χ4v) is 4.77. The van der Waals surface area contributed by atoms with Crippen LogP contribution in [0.5, 0.6) is 0 Å². The topological polar surface area (TPSA) is 87.5 Å². The van der Waals surface area contributed by atoms with Crippen molar-refractivity contribution >= 4 is 23.1 Å². The zero-order valence-corrected chi connectivity index (χ0v) is 21.4. The molecule has 7 heteroatoms. The van der Waals surface area contributed by atoms with E-state index in [2.05, 4.69) is 37.1 Å². The predicted molar refractivity (Wildman–Crippen MR) is 146 cm³/mol. The number of aromatic nitrogens is 2. The highest BCUT2D eigenvalue weighted by Gasteiger charge is 2.31. The van der Waals surface area contributed by atoms with Crippen LogP contribution in [0.15, 0.2) is 77.9 Å². The lowest BCUT2D eigenvalue weighted by atomic mass is 9.85. The third kappa shape index (κ3) is 4.54. The van der Waals surface area contributed by atoms with Crippen LogP contribution in [0.3, 0.4) is 0 Å². The molecule has 4 aromatic rings. The first-order valence-corrected chi connectivity index (χ1v) is 12.2. The molecule has 0 saturated carbocycles. The highest BCUT2D eigenvalue weighted by molar-refractivity contribution is 6.10. The molecule has 2 aromatic carbocycles. The van der Waals surface area contributed by atoms with Crippen LogP contribution in [0, 0.1) is 0 Å². The second-order valence-electron chi connectivity index (χ2n) is 10.4. The minimum atomic E-state index is -0.259. The number of carbonyl (C=O) groups is 1. The first-order valence-electron chi connectivity index (χ1n) is 12.2. The summed E-state index contributed by atoms with van der Waals surface area (Å²) in [7, 11) is 1.69. The summed E-state index contributed by atoms with van der Waals surface area (Å²) in [4.78, 5) is 32.2. The lowest BCUT2D eigenvalue weighted by Gasteiger charge is -2.22. The van der Waals surface area contributed by atoms with Crippen LogP contribution >= 0.6 is 0 Å². The fraction of sp³-hybridized carbons (Fsp3) is 0.233. The number of carbonyl (C=O) groups excluding carboxylic acids is 1. The van der Waals surface area contributed by atoms with Crippen LogP contribution in [0.2, 0.25) is 0 Å². The van der Waals surface area contributed by atoms with Crippen LogP contribution in [-0.4, -0.2) is 20.6 Å². The number of fused-ring (bicyclic) bond motifs is 1. The van der Waals surface area contributed by atoms with E-state index in [9.17, 15) is 14.7 Å². The molecule has 1 aliphatic rings. The van der Waals surface area contributed by atoms with E-state index in [0.717, 1.165) is 16.7 Å². The minimum Gasteiger partial charge on any atom is -0.392 e. The van der Waals surface area contributed by atoms with Crippen LogP contribution < -0.4 is 15.8 Å². The molecule has 2 aromatic heterocycles. The number of anilines is 3. The van der Waals surface area contributed by atoms with Gasteiger partial charge in [0.2, 0.25) is 0 Å². The SMILES string of the molecule is Cn1cc(-c2cccc(N3Cc4cc(C(C)(C)C)ccc4C3=O)c2CO)cc(Nc2ccccn2)c1=O. The van der Waals surface area contributed by atoms with Crippen molar-refractivity contribution in [1.29, 1.82) is 0 Å². The summed E-state index contributed by atoms with van der Waals surface area (Å²) in [5.41, 5.74) is 5.77. The van der Waals surface area contributed by atoms with Crippen molar-refractivity contribution in [3.8, 4) is 11.1 Å². The molecular weight excluding hydrogens is 464 g/mol. The summed E-state index contributed by atoms with van der Waals surface area (Å²) >= 11 is 0. The molecule has 0 spiro atoms. The van der Waals surface area contributed by atoms with Gasteiger partial charge >= 0.3 is 0 Å². The number of amides is 1. The van der Waals surface area contributed by atoms with Crippen molar-refractivity contribution in [2.75, 3.05) is 10.2 Å². The number of hydrogen-bond acceptors (Lipinski definition) is 5. The van der Waals surface area contributed by atoms with Crippen molar-refractivity contribution in [1.82, 2.24) is 9.55 Å². The summed E-state index contributed by atoms with van der Waals surface area (Å²) in [6.07, 6.45) is 3.39. The molecule has 3 heterocycles. The van der Waals surface area contributed by atoms with Crippen LogP contribution in [0.25, 0.3) is 11.1 Å². The summed E-state index contributed by atoms with van der Waals surface area (Å²) in [6.45, 7) is 6.64. The smallest absolute Gasteiger partial charge is 0.274 e. The van der Waals surface area contributed by atoms with Gasteiger partial charge in [0.25, 0.3) is 11.5 Å². The van der Waals surface area contributed by atoms with Crippen molar-refractivity contribution in [3.05, 3.63) is 106 Å². The first-order chi connectivity index (χ1) is 17.7. The van der Waals surface area contributed by atoms with E-state index < -0.39 is 0 Å². The van der Waals surface area contributed by atoms with Crippen LogP contribution in [0.1, 0.15) is 47.8 Å². The predicted octanol–water partition coefficient (Wildman–Crippen LogP) is 5.14. The number of aliphatic hydroxyl groups excluding tert-OH is 1. The quantitative estimate of drug-likeness (QED) is 0.401. The molecule has 0 aliphatic carbocycles. The number of aliphatic hydroxyl groups is 1. The van der Waals surface area contributed by atoms with Gasteiger partial charge in [0.1, 0.15) is 11.5 Å². The number of nitrogens with one attached hydrogen (secondary N) is 1. The molecule has 1 amide bonds. The van der Waals surface area contributed by atoms with Crippen molar-refractivity contribution in [3.63, 3.8) is 0 Å². The molecule has 0 unspecified atom stereocenters. The molecule has 0 atom stereocenters. The van der Waals surface area contributed by atoms with Gasteiger partial charge in [-0.25, -0.2) is 4.98 Å². The number of benzene rings is 2. The van der Waals surface area contributed by atoms with E-state index in [1.807, 2.05) is 36.4 Å². The van der Waals surface area contributed by atoms with Crippen molar-refractivity contribution < 1.29 is 9.90 Å². The molecule has 0 radical (unpaired) electrons. The number of nitrogens with zero attached hydrogens (tertiary/aromatic N) is 3. The van der Waals surface area contributed by atoms with Crippen molar-refractivity contribution in [2.45, 2.75) is 39.3 Å². The van der Waals surface area contributed by atoms with E-state index in [0.29, 0.717) is 34.9 Å². The number of rotatable bonds is 5. The number of aryl methyl sites for hydroxylation is 1. The number of hydrogen-bond donors (Lipinski definition) is 2. The fourth-order valence-electron chi connectivity index (χ4n) is 4.77. The normalized spacial score (nSPS) is 13.1. The highest BCUT2D eigenvalue weighted by Crippen LogP contribution is 2.37.